The van der Waals surface area contributed by atoms with Crippen LogP contribution in [0.15, 0.2) is 12.1 Å². The van der Waals surface area contributed by atoms with Crippen LogP contribution in [0.2, 0.25) is 0 Å². The summed E-state index contributed by atoms with van der Waals surface area (Å²) in [7, 11) is 0. The Morgan fingerprint density at radius 3 is 2.55 bits per heavy atom. The van der Waals surface area contributed by atoms with Crippen molar-refractivity contribution in [1.29, 1.82) is 0 Å². The SMILES string of the molecule is CC(C)(C)OC(=O)N1[C@@H]2CC[C@]1(C)CN(c1nc(OCC3(CN4CC[C@@H](F)C4)CC3)nc3c(F)cc(F)cc13)C2. The molecule has 0 unspecified atom stereocenters. The number of fused-ring (bicyclic) bond motifs is 3. The molecule has 8 nitrogen and oxygen atoms in total. The standard InChI is InChI=1S/C29H38F3N5O3/c1-27(2,3)40-26(38)37-20-5-7-28(37,4)15-36(14-20)24-21-11-19(31)12-22(32)23(21)33-25(34-24)39-17-29(8-9-29)16-35-10-6-18(30)13-35/h11-12,18,20H,5-10,13-17H2,1-4H3/t18-,20-,28-/m1/s1. The van der Waals surface area contributed by atoms with E-state index in [1.165, 1.54) is 6.07 Å². The molecule has 11 heteroatoms. The van der Waals surface area contributed by atoms with Gasteiger partial charge in [0.25, 0.3) is 0 Å². The van der Waals surface area contributed by atoms with Crippen LogP contribution < -0.4 is 9.64 Å². The largest absolute Gasteiger partial charge is 0.463 e. The Morgan fingerprint density at radius 2 is 1.90 bits per heavy atom. The van der Waals surface area contributed by atoms with Gasteiger partial charge < -0.3 is 14.4 Å². The van der Waals surface area contributed by atoms with Crippen molar-refractivity contribution < 1.29 is 27.4 Å². The number of piperazine rings is 1. The third kappa shape index (κ3) is 5.29. The van der Waals surface area contributed by atoms with Crippen LogP contribution >= 0.6 is 0 Å². The predicted molar refractivity (Wildman–Crippen MR) is 144 cm³/mol. The quantitative estimate of drug-likeness (QED) is 0.487. The van der Waals surface area contributed by atoms with E-state index in [-0.39, 0.29) is 34.5 Å². The van der Waals surface area contributed by atoms with E-state index in [1.54, 1.807) is 0 Å². The van der Waals surface area contributed by atoms with Gasteiger partial charge in [0.2, 0.25) is 0 Å². The van der Waals surface area contributed by atoms with Crippen LogP contribution in [0.3, 0.4) is 0 Å². The molecule has 0 radical (unpaired) electrons. The van der Waals surface area contributed by atoms with Gasteiger partial charge in [-0.3, -0.25) is 9.80 Å². The van der Waals surface area contributed by atoms with Crippen molar-refractivity contribution in [1.82, 2.24) is 19.8 Å². The molecule has 0 spiro atoms. The highest BCUT2D eigenvalue weighted by atomic mass is 19.1. The fraction of sp³-hybridized carbons (Fsp3) is 0.690. The lowest BCUT2D eigenvalue weighted by Crippen LogP contribution is -2.63. The molecule has 1 aromatic heterocycles. The molecule has 3 saturated heterocycles. The molecule has 4 aliphatic rings. The minimum Gasteiger partial charge on any atom is -0.463 e. The second-order valence-electron chi connectivity index (χ2n) is 13.4. The fourth-order valence-corrected chi connectivity index (χ4v) is 6.64. The number of anilines is 1. The topological polar surface area (TPSA) is 71.0 Å². The molecular formula is C29H38F3N5O3. The molecule has 2 bridgehead atoms. The summed E-state index contributed by atoms with van der Waals surface area (Å²) in [6.45, 7) is 10.7. The van der Waals surface area contributed by atoms with E-state index in [9.17, 15) is 13.6 Å². The van der Waals surface area contributed by atoms with Gasteiger partial charge in [-0.2, -0.15) is 9.97 Å². The van der Waals surface area contributed by atoms with Crippen molar-refractivity contribution in [2.45, 2.75) is 83.2 Å². The Morgan fingerprint density at radius 1 is 1.12 bits per heavy atom. The van der Waals surface area contributed by atoms with Crippen LogP contribution in [-0.4, -0.2) is 88.5 Å². The van der Waals surface area contributed by atoms with E-state index >= 15 is 4.39 Å². The van der Waals surface area contributed by atoms with Gasteiger partial charge in [-0.25, -0.2) is 18.0 Å². The molecule has 4 fully saturated rings. The smallest absolute Gasteiger partial charge is 0.411 e. The number of aromatic nitrogens is 2. The van der Waals surface area contributed by atoms with E-state index in [4.69, 9.17) is 9.47 Å². The highest BCUT2D eigenvalue weighted by Gasteiger charge is 2.52. The summed E-state index contributed by atoms with van der Waals surface area (Å²) in [6.07, 6.45) is 2.93. The summed E-state index contributed by atoms with van der Waals surface area (Å²) in [6, 6.07) is 1.98. The number of amides is 1. The van der Waals surface area contributed by atoms with Gasteiger partial charge in [0.15, 0.2) is 5.82 Å². The Hall–Kier alpha value is -2.82. The van der Waals surface area contributed by atoms with E-state index in [2.05, 4.69) is 14.9 Å². The zero-order valence-electron chi connectivity index (χ0n) is 23.7. The van der Waals surface area contributed by atoms with Gasteiger partial charge in [0.05, 0.1) is 18.2 Å². The van der Waals surface area contributed by atoms with E-state index in [1.807, 2.05) is 37.5 Å². The average molecular weight is 562 g/mol. The molecule has 1 aromatic carbocycles. The molecule has 218 valence electrons. The Balaban J connectivity index is 1.27. The monoisotopic (exact) mass is 561 g/mol. The molecule has 0 N–H and O–H groups in total. The maximum atomic E-state index is 15.0. The number of halogens is 3. The van der Waals surface area contributed by atoms with Crippen molar-refractivity contribution in [3.8, 4) is 6.01 Å². The second kappa shape index (κ2) is 9.63. The van der Waals surface area contributed by atoms with Gasteiger partial charge >= 0.3 is 12.1 Å². The zero-order valence-corrected chi connectivity index (χ0v) is 23.7. The number of likely N-dealkylation sites (tertiary alicyclic amines) is 1. The molecule has 1 saturated carbocycles. The van der Waals surface area contributed by atoms with Crippen LogP contribution in [0, 0.1) is 17.0 Å². The number of rotatable bonds is 6. The Kier molecular flexibility index (Phi) is 6.59. The third-order valence-electron chi connectivity index (χ3n) is 8.73. The number of carbonyl (C=O) groups excluding carboxylic acids is 1. The molecule has 1 aliphatic carbocycles. The van der Waals surface area contributed by atoms with Crippen LogP contribution in [-0.2, 0) is 4.74 Å². The van der Waals surface area contributed by atoms with Gasteiger partial charge in [-0.15, -0.1) is 0 Å². The lowest BCUT2D eigenvalue weighted by molar-refractivity contribution is -0.00280. The van der Waals surface area contributed by atoms with Crippen LogP contribution in [0.4, 0.5) is 23.8 Å². The van der Waals surface area contributed by atoms with E-state index in [0.29, 0.717) is 38.5 Å². The Bertz CT molecular complexity index is 1320. The first-order valence-electron chi connectivity index (χ1n) is 14.3. The summed E-state index contributed by atoms with van der Waals surface area (Å²) < 4.78 is 54.9. The molecule has 40 heavy (non-hydrogen) atoms. The van der Waals surface area contributed by atoms with Gasteiger partial charge in [-0.1, -0.05) is 0 Å². The minimum absolute atomic E-state index is 0.00173. The summed E-state index contributed by atoms with van der Waals surface area (Å²) in [4.78, 5) is 28.1. The molecule has 4 heterocycles. The van der Waals surface area contributed by atoms with E-state index < -0.39 is 28.9 Å². The number of ether oxygens (including phenoxy) is 2. The lowest BCUT2D eigenvalue weighted by Gasteiger charge is -2.47. The Labute approximate surface area is 232 Å². The highest BCUT2D eigenvalue weighted by Crippen LogP contribution is 2.47. The van der Waals surface area contributed by atoms with Crippen molar-refractivity contribution >= 4 is 22.8 Å². The summed E-state index contributed by atoms with van der Waals surface area (Å²) >= 11 is 0. The van der Waals surface area contributed by atoms with Gasteiger partial charge in [0.1, 0.15) is 28.9 Å². The van der Waals surface area contributed by atoms with E-state index in [0.717, 1.165) is 44.8 Å². The van der Waals surface area contributed by atoms with Crippen LogP contribution in [0.25, 0.3) is 10.9 Å². The fourth-order valence-electron chi connectivity index (χ4n) is 6.64. The van der Waals surface area contributed by atoms with Gasteiger partial charge in [0, 0.05) is 49.6 Å². The lowest BCUT2D eigenvalue weighted by atomic mass is 9.97. The zero-order chi connectivity index (χ0) is 28.4. The third-order valence-corrected chi connectivity index (χ3v) is 8.73. The van der Waals surface area contributed by atoms with Crippen LogP contribution in [0.1, 0.15) is 59.8 Å². The first-order chi connectivity index (χ1) is 18.8. The molecule has 6 rings (SSSR count). The van der Waals surface area contributed by atoms with Crippen LogP contribution in [0.5, 0.6) is 6.01 Å². The molecule has 3 aliphatic heterocycles. The number of carbonyl (C=O) groups is 1. The van der Waals surface area contributed by atoms with Crippen molar-refractivity contribution in [3.63, 3.8) is 0 Å². The first-order valence-corrected chi connectivity index (χ1v) is 14.3. The molecule has 1 amide bonds. The number of nitrogens with zero attached hydrogens (tertiary/aromatic N) is 5. The second-order valence-corrected chi connectivity index (χ2v) is 13.4. The van der Waals surface area contributed by atoms with Gasteiger partial charge in [-0.05, 0) is 65.9 Å². The number of benzene rings is 1. The summed E-state index contributed by atoms with van der Waals surface area (Å²) in [5.74, 6) is -1.10. The summed E-state index contributed by atoms with van der Waals surface area (Å²) in [5, 5.41) is 0.269. The normalized spacial score (nSPS) is 27.9. The predicted octanol–water partition coefficient (Wildman–Crippen LogP) is 5.09. The number of alkyl halides is 1. The highest BCUT2D eigenvalue weighted by molar-refractivity contribution is 5.90. The number of hydrogen-bond acceptors (Lipinski definition) is 7. The average Bonchev–Trinajstić information content (AvgIpc) is 3.43. The minimum atomic E-state index is -0.780. The number of hydrogen-bond donors (Lipinski definition) is 0. The maximum absolute atomic E-state index is 15.0. The van der Waals surface area contributed by atoms with Crippen molar-refractivity contribution in [2.75, 3.05) is 44.2 Å². The molecule has 3 atom stereocenters. The molecular weight excluding hydrogens is 523 g/mol. The maximum Gasteiger partial charge on any atom is 0.411 e. The van der Waals surface area contributed by atoms with Crippen molar-refractivity contribution in [3.05, 3.63) is 23.8 Å². The first kappa shape index (κ1) is 27.4. The molecule has 2 aromatic rings. The van der Waals surface area contributed by atoms with Crippen molar-refractivity contribution in [2.24, 2.45) is 5.41 Å². The summed E-state index contributed by atoms with van der Waals surface area (Å²) in [5.41, 5.74) is -1.24.